The summed E-state index contributed by atoms with van der Waals surface area (Å²) in [6.45, 7) is -3.47. The number of para-hydroxylation sites is 1. The third kappa shape index (κ3) is 8.49. The van der Waals surface area contributed by atoms with Gasteiger partial charge in [0.15, 0.2) is 19.7 Å². The number of nitrogens with one attached hydrogen (secondary N) is 1. The fourth-order valence-electron chi connectivity index (χ4n) is 4.12. The first kappa shape index (κ1) is 30.5. The van der Waals surface area contributed by atoms with E-state index in [9.17, 15) is 30.4 Å². The Hall–Kier alpha value is -4.02. The number of hydrogen-bond donors (Lipinski definition) is 2. The minimum Gasteiger partial charge on any atom is -0.435 e. The SMILES string of the molecule is CS(=O)(=O)c1ccc(-c2cccc(CC(CS(=O)(=O)Cc3ccccc3OC(F)F)C(=O)NCC#N)c2)c(N)c1. The lowest BCUT2D eigenvalue weighted by Crippen LogP contribution is -2.36. The van der Waals surface area contributed by atoms with Crippen molar-refractivity contribution in [2.75, 3.05) is 24.3 Å². The number of amides is 1. The minimum atomic E-state index is -4.02. The summed E-state index contributed by atoms with van der Waals surface area (Å²) >= 11 is 0. The van der Waals surface area contributed by atoms with Crippen LogP contribution in [0.5, 0.6) is 5.75 Å². The van der Waals surface area contributed by atoms with Crippen LogP contribution in [-0.2, 0) is 36.6 Å². The third-order valence-corrected chi connectivity index (χ3v) is 8.67. The highest BCUT2D eigenvalue weighted by atomic mass is 32.2. The molecule has 0 aliphatic rings. The quantitative estimate of drug-likeness (QED) is 0.240. The van der Waals surface area contributed by atoms with Gasteiger partial charge >= 0.3 is 6.61 Å². The number of ether oxygens (including phenoxy) is 1. The Labute approximate surface area is 231 Å². The van der Waals surface area contributed by atoms with Gasteiger partial charge in [0.05, 0.1) is 28.4 Å². The molecule has 0 spiro atoms. The molecule has 0 aliphatic heterocycles. The van der Waals surface area contributed by atoms with Crippen molar-refractivity contribution in [2.45, 2.75) is 23.7 Å². The average Bonchev–Trinajstić information content (AvgIpc) is 2.87. The molecule has 0 heterocycles. The summed E-state index contributed by atoms with van der Waals surface area (Å²) in [5.74, 6) is -3.31. The number of benzene rings is 3. The van der Waals surface area contributed by atoms with Crippen molar-refractivity contribution in [3.05, 3.63) is 77.9 Å². The van der Waals surface area contributed by atoms with E-state index in [1.165, 1.54) is 36.4 Å². The van der Waals surface area contributed by atoms with Crippen LogP contribution >= 0.6 is 0 Å². The highest BCUT2D eigenvalue weighted by molar-refractivity contribution is 7.91. The van der Waals surface area contributed by atoms with Gasteiger partial charge in [0.2, 0.25) is 5.91 Å². The van der Waals surface area contributed by atoms with Crippen LogP contribution in [-0.4, -0.2) is 47.9 Å². The zero-order chi connectivity index (χ0) is 29.5. The second kappa shape index (κ2) is 12.9. The molecule has 0 saturated carbocycles. The van der Waals surface area contributed by atoms with Crippen molar-refractivity contribution in [2.24, 2.45) is 5.92 Å². The first-order valence-electron chi connectivity index (χ1n) is 11.9. The maximum absolute atomic E-state index is 13.1. The lowest BCUT2D eigenvalue weighted by Gasteiger charge is -2.18. The van der Waals surface area contributed by atoms with E-state index in [1.807, 2.05) is 0 Å². The first-order chi connectivity index (χ1) is 18.8. The molecule has 3 aromatic rings. The van der Waals surface area contributed by atoms with E-state index in [4.69, 9.17) is 11.0 Å². The number of rotatable bonds is 12. The number of anilines is 1. The predicted molar refractivity (Wildman–Crippen MR) is 146 cm³/mol. The molecule has 40 heavy (non-hydrogen) atoms. The molecule has 0 aromatic heterocycles. The van der Waals surface area contributed by atoms with E-state index in [0.717, 1.165) is 6.26 Å². The molecule has 1 atom stereocenters. The Balaban J connectivity index is 1.88. The minimum absolute atomic E-state index is 0.0222. The topological polar surface area (TPSA) is 156 Å². The fourth-order valence-corrected chi connectivity index (χ4v) is 6.49. The van der Waals surface area contributed by atoms with Crippen LogP contribution in [0.25, 0.3) is 11.1 Å². The summed E-state index contributed by atoms with van der Waals surface area (Å²) in [6.07, 6.45) is 1.04. The Kier molecular flexibility index (Phi) is 9.83. The van der Waals surface area contributed by atoms with E-state index in [2.05, 4.69) is 10.1 Å². The molecule has 3 N–H and O–H groups in total. The molecule has 3 rings (SSSR count). The van der Waals surface area contributed by atoms with E-state index in [1.54, 1.807) is 36.4 Å². The molecule has 1 unspecified atom stereocenters. The fraction of sp³-hybridized carbons (Fsp3) is 0.259. The van der Waals surface area contributed by atoms with Gasteiger partial charge in [-0.25, -0.2) is 16.8 Å². The average molecular weight is 592 g/mol. The van der Waals surface area contributed by atoms with Crippen molar-refractivity contribution >= 4 is 31.3 Å². The second-order valence-electron chi connectivity index (χ2n) is 9.04. The molecule has 1 amide bonds. The van der Waals surface area contributed by atoms with Gasteiger partial charge in [-0.05, 0) is 35.7 Å². The van der Waals surface area contributed by atoms with Crippen LogP contribution in [0.2, 0.25) is 0 Å². The maximum atomic E-state index is 13.1. The van der Waals surface area contributed by atoms with Gasteiger partial charge < -0.3 is 15.8 Å². The van der Waals surface area contributed by atoms with Crippen LogP contribution in [0.4, 0.5) is 14.5 Å². The van der Waals surface area contributed by atoms with Gasteiger partial charge in [0.25, 0.3) is 0 Å². The summed E-state index contributed by atoms with van der Waals surface area (Å²) < 4.78 is 79.9. The van der Waals surface area contributed by atoms with Gasteiger partial charge in [0.1, 0.15) is 12.3 Å². The van der Waals surface area contributed by atoms with Crippen LogP contribution < -0.4 is 15.8 Å². The molecular formula is C27H27F2N3O6S2. The number of nitriles is 1. The van der Waals surface area contributed by atoms with Crippen LogP contribution in [0.1, 0.15) is 11.1 Å². The van der Waals surface area contributed by atoms with Gasteiger partial charge in [-0.3, -0.25) is 4.79 Å². The number of hydrogen-bond acceptors (Lipinski definition) is 8. The number of sulfone groups is 2. The Morgan fingerprint density at radius 1 is 1.05 bits per heavy atom. The summed E-state index contributed by atoms with van der Waals surface area (Å²) in [5.41, 5.74) is 8.09. The molecule has 13 heteroatoms. The Bertz CT molecular complexity index is 1640. The van der Waals surface area contributed by atoms with Crippen molar-refractivity contribution in [3.63, 3.8) is 0 Å². The van der Waals surface area contributed by atoms with Gasteiger partial charge in [0, 0.05) is 23.1 Å². The maximum Gasteiger partial charge on any atom is 0.387 e. The molecule has 212 valence electrons. The number of carbonyl (C=O) groups is 1. The molecule has 0 bridgehead atoms. The number of nitrogens with zero attached hydrogens (tertiary/aromatic N) is 1. The summed E-state index contributed by atoms with van der Waals surface area (Å²) in [6, 6.07) is 18.4. The van der Waals surface area contributed by atoms with Crippen LogP contribution in [0.3, 0.4) is 0 Å². The van der Waals surface area contributed by atoms with Crippen molar-refractivity contribution in [1.82, 2.24) is 5.32 Å². The zero-order valence-electron chi connectivity index (χ0n) is 21.4. The van der Waals surface area contributed by atoms with Gasteiger partial charge in [-0.15, -0.1) is 0 Å². The predicted octanol–water partition coefficient (Wildman–Crippen LogP) is 3.35. The van der Waals surface area contributed by atoms with E-state index >= 15 is 0 Å². The number of nitrogens with two attached hydrogens (primary N) is 1. The van der Waals surface area contributed by atoms with Gasteiger partial charge in [-0.1, -0.05) is 48.5 Å². The second-order valence-corrected chi connectivity index (χ2v) is 13.2. The number of nitrogen functional groups attached to an aromatic ring is 1. The third-order valence-electron chi connectivity index (χ3n) is 5.90. The van der Waals surface area contributed by atoms with Crippen molar-refractivity contribution in [1.29, 1.82) is 5.26 Å². The lowest BCUT2D eigenvalue weighted by atomic mass is 9.96. The lowest BCUT2D eigenvalue weighted by molar-refractivity contribution is -0.124. The van der Waals surface area contributed by atoms with Crippen LogP contribution in [0.15, 0.2) is 71.6 Å². The molecule has 0 fully saturated rings. The zero-order valence-corrected chi connectivity index (χ0v) is 23.0. The molecule has 9 nitrogen and oxygen atoms in total. The highest BCUT2D eigenvalue weighted by Gasteiger charge is 2.27. The molecule has 0 aliphatic carbocycles. The molecule has 3 aromatic carbocycles. The molecule has 0 saturated heterocycles. The monoisotopic (exact) mass is 591 g/mol. The van der Waals surface area contributed by atoms with E-state index in [-0.39, 0.29) is 34.9 Å². The largest absolute Gasteiger partial charge is 0.435 e. The summed E-state index contributed by atoms with van der Waals surface area (Å²) in [5, 5.41) is 11.3. The van der Waals surface area contributed by atoms with E-state index < -0.39 is 49.6 Å². The Morgan fingerprint density at radius 2 is 1.77 bits per heavy atom. The first-order valence-corrected chi connectivity index (χ1v) is 15.6. The smallest absolute Gasteiger partial charge is 0.387 e. The van der Waals surface area contributed by atoms with Gasteiger partial charge in [-0.2, -0.15) is 14.0 Å². The standard InChI is InChI=1S/C27H27F2N3O6S2/c1-39(34,35)22-9-10-23(24(31)15-22)19-7-4-5-18(13-19)14-21(26(33)32-12-11-30)17-40(36,37)16-20-6-2-3-8-25(20)38-27(28)29/h2-10,13,15,21,27H,12,14,16-17,31H2,1H3,(H,32,33). The normalized spacial score (nSPS) is 12.5. The summed E-state index contributed by atoms with van der Waals surface area (Å²) in [4.78, 5) is 12.9. The van der Waals surface area contributed by atoms with E-state index in [0.29, 0.717) is 16.7 Å². The van der Waals surface area contributed by atoms with Crippen molar-refractivity contribution in [3.8, 4) is 22.9 Å². The number of carbonyl (C=O) groups excluding carboxylic acids is 1. The summed E-state index contributed by atoms with van der Waals surface area (Å²) in [7, 11) is -7.48. The number of alkyl halides is 2. The van der Waals surface area contributed by atoms with Crippen LogP contribution in [0, 0.1) is 17.2 Å². The number of halogens is 2. The Morgan fingerprint density at radius 3 is 2.42 bits per heavy atom. The molecule has 0 radical (unpaired) electrons. The molecular weight excluding hydrogens is 564 g/mol. The van der Waals surface area contributed by atoms with Crippen molar-refractivity contribution < 1.29 is 35.1 Å². The highest BCUT2D eigenvalue weighted by Crippen LogP contribution is 2.30.